The summed E-state index contributed by atoms with van der Waals surface area (Å²) in [5.74, 6) is 6.82. The van der Waals surface area contributed by atoms with Crippen LogP contribution in [0.15, 0.2) is 12.3 Å². The molecule has 0 radical (unpaired) electrons. The molecular formula is C10H10Cl2N2. The molecule has 0 saturated carbocycles. The van der Waals surface area contributed by atoms with Gasteiger partial charge in [-0.2, -0.15) is 0 Å². The number of hydrogen-bond donors (Lipinski definition) is 1. The van der Waals surface area contributed by atoms with Crippen LogP contribution in [0.3, 0.4) is 0 Å². The average Bonchev–Trinajstić information content (AvgIpc) is 2.16. The van der Waals surface area contributed by atoms with Gasteiger partial charge in [-0.25, -0.2) is 4.98 Å². The van der Waals surface area contributed by atoms with E-state index in [-0.39, 0.29) is 0 Å². The molecule has 0 atom stereocenters. The van der Waals surface area contributed by atoms with Crippen LogP contribution in [0.25, 0.3) is 0 Å². The second kappa shape index (κ2) is 5.74. The van der Waals surface area contributed by atoms with Crippen LogP contribution in [0.4, 0.5) is 5.82 Å². The van der Waals surface area contributed by atoms with Gasteiger partial charge in [0.1, 0.15) is 5.82 Å². The first-order valence-electron chi connectivity index (χ1n) is 4.20. The minimum atomic E-state index is 0.371. The van der Waals surface area contributed by atoms with E-state index in [1.54, 1.807) is 12.3 Å². The van der Waals surface area contributed by atoms with Crippen molar-refractivity contribution in [1.29, 1.82) is 0 Å². The van der Waals surface area contributed by atoms with Crippen LogP contribution in [-0.4, -0.2) is 10.9 Å². The Labute approximate surface area is 93.4 Å². The molecule has 74 valence electrons. The van der Waals surface area contributed by atoms with E-state index in [1.807, 2.05) is 0 Å². The van der Waals surface area contributed by atoms with Crippen LogP contribution in [-0.2, 0) is 0 Å². The number of hydrogen-bond acceptors (Lipinski definition) is 2. The molecule has 0 aliphatic carbocycles. The molecule has 1 heterocycles. The second-order valence-electron chi connectivity index (χ2n) is 2.65. The molecule has 1 aromatic rings. The van der Waals surface area contributed by atoms with Crippen LogP contribution in [0.2, 0.25) is 5.02 Å². The maximum Gasteiger partial charge on any atom is 0.140 e. The Morgan fingerprint density at radius 3 is 2.93 bits per heavy atom. The molecule has 0 amide bonds. The number of alkyl halides is 1. The molecule has 2 nitrogen and oxygen atoms in total. The average molecular weight is 229 g/mol. The summed E-state index contributed by atoms with van der Waals surface area (Å²) in [6.07, 6.45) is 3.17. The third-order valence-electron chi connectivity index (χ3n) is 1.58. The highest BCUT2D eigenvalue weighted by Gasteiger charge is 2.00. The minimum Gasteiger partial charge on any atom is -0.383 e. The van der Waals surface area contributed by atoms with Crippen LogP contribution in [0.1, 0.15) is 18.4 Å². The van der Waals surface area contributed by atoms with Crippen molar-refractivity contribution < 1.29 is 0 Å². The fourth-order valence-electron chi connectivity index (χ4n) is 0.883. The van der Waals surface area contributed by atoms with Crippen molar-refractivity contribution in [2.24, 2.45) is 0 Å². The van der Waals surface area contributed by atoms with Crippen LogP contribution < -0.4 is 5.73 Å². The molecule has 0 spiro atoms. The van der Waals surface area contributed by atoms with Crippen LogP contribution >= 0.6 is 23.2 Å². The number of aromatic nitrogens is 1. The molecule has 4 heteroatoms. The van der Waals surface area contributed by atoms with Gasteiger partial charge in [-0.1, -0.05) is 23.4 Å². The number of rotatable bonds is 2. The predicted molar refractivity (Wildman–Crippen MR) is 60.5 cm³/mol. The fourth-order valence-corrected chi connectivity index (χ4v) is 1.22. The lowest BCUT2D eigenvalue weighted by molar-refractivity contribution is 0.991. The Balaban J connectivity index is 2.78. The summed E-state index contributed by atoms with van der Waals surface area (Å²) in [5, 5.41) is 0.538. The highest BCUT2D eigenvalue weighted by atomic mass is 35.5. The molecule has 0 bridgehead atoms. The Morgan fingerprint density at radius 1 is 1.50 bits per heavy atom. The number of nitrogens with zero attached hydrogens (tertiary/aromatic N) is 1. The molecule has 0 aliphatic rings. The van der Waals surface area contributed by atoms with Crippen LogP contribution in [0.5, 0.6) is 0 Å². The highest BCUT2D eigenvalue weighted by Crippen LogP contribution is 2.17. The van der Waals surface area contributed by atoms with Gasteiger partial charge in [-0.05, 0) is 12.5 Å². The summed E-state index contributed by atoms with van der Waals surface area (Å²) in [6, 6.07) is 1.67. The number of unbranched alkanes of at least 4 members (excludes halogenated alkanes) is 1. The van der Waals surface area contributed by atoms with Gasteiger partial charge in [0, 0.05) is 18.5 Å². The van der Waals surface area contributed by atoms with Gasteiger partial charge in [0.25, 0.3) is 0 Å². The Kier molecular flexibility index (Phi) is 4.58. The van der Waals surface area contributed by atoms with Crippen molar-refractivity contribution in [3.63, 3.8) is 0 Å². The van der Waals surface area contributed by atoms with Crippen molar-refractivity contribution in [1.82, 2.24) is 4.98 Å². The lowest BCUT2D eigenvalue weighted by Crippen LogP contribution is -1.94. The lowest BCUT2D eigenvalue weighted by Gasteiger charge is -1.97. The monoisotopic (exact) mass is 228 g/mol. The number of nitrogens with two attached hydrogens (primary N) is 1. The van der Waals surface area contributed by atoms with Gasteiger partial charge in [0.15, 0.2) is 0 Å². The van der Waals surface area contributed by atoms with E-state index in [2.05, 4.69) is 16.8 Å². The lowest BCUT2D eigenvalue weighted by atomic mass is 10.2. The van der Waals surface area contributed by atoms with Crippen molar-refractivity contribution in [2.75, 3.05) is 11.6 Å². The molecule has 0 aromatic carbocycles. The molecule has 0 aliphatic heterocycles. The first-order chi connectivity index (χ1) is 6.75. The second-order valence-corrected chi connectivity index (χ2v) is 3.43. The standard InChI is InChI=1S/C10H10Cl2N2/c11-6-3-1-2-4-8-9(12)5-7-14-10(8)13/h5,7H,1,3,6H2,(H2,13,14). The predicted octanol–water partition coefficient (Wildman–Crippen LogP) is 2.69. The summed E-state index contributed by atoms with van der Waals surface area (Å²) in [4.78, 5) is 3.90. The Hall–Kier alpha value is -0.910. The summed E-state index contributed by atoms with van der Waals surface area (Å²) in [7, 11) is 0. The van der Waals surface area contributed by atoms with Crippen molar-refractivity contribution >= 4 is 29.0 Å². The van der Waals surface area contributed by atoms with Crippen LogP contribution in [0, 0.1) is 11.8 Å². The zero-order chi connectivity index (χ0) is 10.4. The molecule has 1 aromatic heterocycles. The molecule has 0 fully saturated rings. The van der Waals surface area contributed by atoms with Crippen molar-refractivity contribution in [3.05, 3.63) is 22.8 Å². The third kappa shape index (κ3) is 3.10. The maximum atomic E-state index is 5.89. The third-order valence-corrected chi connectivity index (χ3v) is 2.16. The highest BCUT2D eigenvalue weighted by molar-refractivity contribution is 6.32. The van der Waals surface area contributed by atoms with Gasteiger partial charge in [0.2, 0.25) is 0 Å². The van der Waals surface area contributed by atoms with E-state index in [0.29, 0.717) is 22.3 Å². The smallest absolute Gasteiger partial charge is 0.140 e. The first kappa shape index (κ1) is 11.2. The zero-order valence-electron chi connectivity index (χ0n) is 7.56. The SMILES string of the molecule is Nc1nccc(Cl)c1C#CCCCCl. The number of pyridine rings is 1. The molecular weight excluding hydrogens is 219 g/mol. The van der Waals surface area contributed by atoms with Gasteiger partial charge in [-0.15, -0.1) is 11.6 Å². The summed E-state index contributed by atoms with van der Waals surface area (Å²) < 4.78 is 0. The van der Waals surface area contributed by atoms with Gasteiger partial charge >= 0.3 is 0 Å². The van der Waals surface area contributed by atoms with E-state index in [9.17, 15) is 0 Å². The zero-order valence-corrected chi connectivity index (χ0v) is 9.07. The maximum absolute atomic E-state index is 5.89. The topological polar surface area (TPSA) is 38.9 Å². The van der Waals surface area contributed by atoms with E-state index < -0.39 is 0 Å². The first-order valence-corrected chi connectivity index (χ1v) is 5.11. The Bertz CT molecular complexity index is 346. The molecule has 14 heavy (non-hydrogen) atoms. The number of anilines is 1. The van der Waals surface area contributed by atoms with Crippen molar-refractivity contribution in [2.45, 2.75) is 12.8 Å². The molecule has 0 unspecified atom stereocenters. The van der Waals surface area contributed by atoms with E-state index in [0.717, 1.165) is 12.8 Å². The fraction of sp³-hybridized carbons (Fsp3) is 0.300. The summed E-state index contributed by atoms with van der Waals surface area (Å²) in [5.41, 5.74) is 6.21. The quantitative estimate of drug-likeness (QED) is 0.481. The molecule has 0 saturated heterocycles. The normalized spacial score (nSPS) is 9.29. The number of halogens is 2. The molecule has 1 rings (SSSR count). The summed E-state index contributed by atoms with van der Waals surface area (Å²) in [6.45, 7) is 0. The van der Waals surface area contributed by atoms with E-state index in [1.165, 1.54) is 0 Å². The summed E-state index contributed by atoms with van der Waals surface area (Å²) >= 11 is 11.4. The van der Waals surface area contributed by atoms with E-state index >= 15 is 0 Å². The number of nitrogen functional groups attached to an aromatic ring is 1. The van der Waals surface area contributed by atoms with Gasteiger partial charge in [0.05, 0.1) is 10.6 Å². The van der Waals surface area contributed by atoms with E-state index in [4.69, 9.17) is 28.9 Å². The van der Waals surface area contributed by atoms with Gasteiger partial charge in [-0.3, -0.25) is 0 Å². The minimum absolute atomic E-state index is 0.371. The van der Waals surface area contributed by atoms with Crippen molar-refractivity contribution in [3.8, 4) is 11.8 Å². The largest absolute Gasteiger partial charge is 0.383 e. The van der Waals surface area contributed by atoms with Gasteiger partial charge < -0.3 is 5.73 Å². The Morgan fingerprint density at radius 2 is 2.29 bits per heavy atom. The molecule has 2 N–H and O–H groups in total.